The number of halogens is 1. The van der Waals surface area contributed by atoms with Gasteiger partial charge in [-0.15, -0.1) is 20.8 Å². The molecule has 0 aromatic heterocycles. The van der Waals surface area contributed by atoms with Gasteiger partial charge in [-0.05, 0) is 0 Å². The number of hydrogen-bond donors (Lipinski definition) is 0. The van der Waals surface area contributed by atoms with Crippen LogP contribution in [0.5, 0.6) is 0 Å². The maximum atomic E-state index is 10.0. The quantitative estimate of drug-likeness (QED) is 0.391. The number of rotatable bonds is 2. The molecule has 0 heterocycles. The van der Waals surface area contributed by atoms with Gasteiger partial charge in [-0.3, -0.25) is 4.79 Å². The maximum Gasteiger partial charge on any atom is 0.151 e. The minimum absolute atomic E-state index is 0.0710. The first-order valence-corrected chi connectivity index (χ1v) is 2.94. The van der Waals surface area contributed by atoms with Crippen LogP contribution in [0.4, 0.5) is 0 Å². The molecule has 0 N–H and O–H groups in total. The molecule has 0 amide bonds. The molecule has 1 unspecified atom stereocenters. The number of alkyl halides is 1. The SMILES string of the molecule is O=C(CP)CCl. The molecule has 0 aliphatic heterocycles. The van der Waals surface area contributed by atoms with Crippen molar-refractivity contribution >= 4 is 26.6 Å². The Bertz CT molecular complexity index is 48.8. The van der Waals surface area contributed by atoms with Gasteiger partial charge in [0.25, 0.3) is 0 Å². The van der Waals surface area contributed by atoms with Crippen molar-refractivity contribution in [2.75, 3.05) is 12.0 Å². The Kier molecular flexibility index (Phi) is 3.81. The molecule has 0 radical (unpaired) electrons. The standard InChI is InChI=1S/C3H6ClOP/c4-1-3(5)2-6/h1-2,6H2. The monoisotopic (exact) mass is 124 g/mol. The molecule has 3 heteroatoms. The Morgan fingerprint density at radius 3 is 2.33 bits per heavy atom. The highest BCUT2D eigenvalue weighted by Crippen LogP contribution is 1.83. The zero-order chi connectivity index (χ0) is 4.99. The highest BCUT2D eigenvalue weighted by atomic mass is 35.5. The van der Waals surface area contributed by atoms with Crippen LogP contribution in [-0.2, 0) is 4.79 Å². The Morgan fingerprint density at radius 1 is 1.83 bits per heavy atom. The lowest BCUT2D eigenvalue weighted by Gasteiger charge is -1.79. The second kappa shape index (κ2) is 3.58. The van der Waals surface area contributed by atoms with Gasteiger partial charge in [0, 0.05) is 6.16 Å². The van der Waals surface area contributed by atoms with Crippen molar-refractivity contribution in [3.63, 3.8) is 0 Å². The molecule has 0 aliphatic carbocycles. The number of hydrogen-bond acceptors (Lipinski definition) is 1. The minimum Gasteiger partial charge on any atom is -0.298 e. The fourth-order valence-electron chi connectivity index (χ4n) is 0.0546. The summed E-state index contributed by atoms with van der Waals surface area (Å²) in [6.45, 7) is 0. The number of Topliss-reactive ketones (excluding diaryl/α,β-unsaturated/α-hetero) is 1. The molecule has 0 fully saturated rings. The summed E-state index contributed by atoms with van der Waals surface area (Å²) < 4.78 is 0. The lowest BCUT2D eigenvalue weighted by atomic mass is 10.5. The molecule has 36 valence electrons. The van der Waals surface area contributed by atoms with E-state index in [9.17, 15) is 4.79 Å². The van der Waals surface area contributed by atoms with Gasteiger partial charge in [0.15, 0.2) is 5.78 Å². The Hall–Kier alpha value is 0.390. The van der Waals surface area contributed by atoms with Crippen LogP contribution in [0.25, 0.3) is 0 Å². The van der Waals surface area contributed by atoms with Crippen LogP contribution in [-0.4, -0.2) is 17.8 Å². The lowest BCUT2D eigenvalue weighted by Crippen LogP contribution is -1.97. The Morgan fingerprint density at radius 2 is 2.33 bits per heavy atom. The fraction of sp³-hybridized carbons (Fsp3) is 0.667. The minimum atomic E-state index is 0.0710. The highest BCUT2D eigenvalue weighted by molar-refractivity contribution is 7.18. The van der Waals surface area contributed by atoms with E-state index in [4.69, 9.17) is 11.6 Å². The third kappa shape index (κ3) is 2.62. The van der Waals surface area contributed by atoms with Gasteiger partial charge in [0.2, 0.25) is 0 Å². The molecule has 0 aromatic carbocycles. The summed E-state index contributed by atoms with van der Waals surface area (Å²) in [6, 6.07) is 0. The second-order valence-electron chi connectivity index (χ2n) is 0.876. The van der Waals surface area contributed by atoms with Gasteiger partial charge in [-0.2, -0.15) is 0 Å². The van der Waals surface area contributed by atoms with Gasteiger partial charge in [0.05, 0.1) is 5.88 Å². The van der Waals surface area contributed by atoms with Crippen LogP contribution in [0.3, 0.4) is 0 Å². The largest absolute Gasteiger partial charge is 0.298 e. The van der Waals surface area contributed by atoms with Crippen molar-refractivity contribution in [1.29, 1.82) is 0 Å². The number of carbonyl (C=O) groups excluding carboxylic acids is 1. The van der Waals surface area contributed by atoms with E-state index in [2.05, 4.69) is 9.24 Å². The average Bonchev–Trinajstić information content (AvgIpc) is 1.65. The molecule has 0 saturated heterocycles. The average molecular weight is 125 g/mol. The molecule has 0 spiro atoms. The van der Waals surface area contributed by atoms with E-state index in [1.54, 1.807) is 0 Å². The molecule has 0 bridgehead atoms. The van der Waals surface area contributed by atoms with Gasteiger partial charge < -0.3 is 0 Å². The van der Waals surface area contributed by atoms with Crippen molar-refractivity contribution in [3.8, 4) is 0 Å². The van der Waals surface area contributed by atoms with Crippen LogP contribution >= 0.6 is 20.8 Å². The fourth-order valence-corrected chi connectivity index (χ4v) is 0.491. The second-order valence-corrected chi connectivity index (χ2v) is 1.55. The molecule has 1 nitrogen and oxygen atoms in total. The highest BCUT2D eigenvalue weighted by Gasteiger charge is 1.88. The third-order valence-corrected chi connectivity index (χ3v) is 1.13. The van der Waals surface area contributed by atoms with E-state index < -0.39 is 0 Å². The van der Waals surface area contributed by atoms with Crippen molar-refractivity contribution in [2.45, 2.75) is 0 Å². The summed E-state index contributed by atoms with van der Waals surface area (Å²) >= 11 is 5.09. The molecule has 0 aromatic rings. The van der Waals surface area contributed by atoms with E-state index in [-0.39, 0.29) is 11.7 Å². The molecule has 0 aliphatic rings. The van der Waals surface area contributed by atoms with E-state index >= 15 is 0 Å². The van der Waals surface area contributed by atoms with Crippen molar-refractivity contribution in [1.82, 2.24) is 0 Å². The van der Waals surface area contributed by atoms with Gasteiger partial charge in [-0.1, -0.05) is 0 Å². The number of carbonyl (C=O) groups is 1. The summed E-state index contributed by atoms with van der Waals surface area (Å²) in [5.74, 6) is 0.213. The summed E-state index contributed by atoms with van der Waals surface area (Å²) in [6.07, 6.45) is 0.476. The van der Waals surface area contributed by atoms with Crippen LogP contribution in [0.15, 0.2) is 0 Å². The predicted molar refractivity (Wildman–Crippen MR) is 30.3 cm³/mol. The Balaban J connectivity index is 2.99. The number of ketones is 1. The summed E-state index contributed by atoms with van der Waals surface area (Å²) in [4.78, 5) is 10.0. The Labute approximate surface area is 44.3 Å². The van der Waals surface area contributed by atoms with Crippen LogP contribution in [0, 0.1) is 0 Å². The molecular formula is C3H6ClOP. The molecule has 6 heavy (non-hydrogen) atoms. The van der Waals surface area contributed by atoms with Crippen LogP contribution < -0.4 is 0 Å². The normalized spacial score (nSPS) is 8.33. The van der Waals surface area contributed by atoms with Crippen LogP contribution in [0.2, 0.25) is 0 Å². The van der Waals surface area contributed by atoms with Gasteiger partial charge in [0.1, 0.15) is 0 Å². The first-order chi connectivity index (χ1) is 2.81. The first kappa shape index (κ1) is 6.39. The first-order valence-electron chi connectivity index (χ1n) is 1.59. The summed E-state index contributed by atoms with van der Waals surface area (Å²) in [7, 11) is 2.31. The maximum absolute atomic E-state index is 10.0. The zero-order valence-corrected chi connectivity index (χ0v) is 5.19. The third-order valence-electron chi connectivity index (χ3n) is 0.377. The van der Waals surface area contributed by atoms with E-state index in [1.807, 2.05) is 0 Å². The van der Waals surface area contributed by atoms with Crippen LogP contribution in [0.1, 0.15) is 0 Å². The van der Waals surface area contributed by atoms with E-state index in [0.29, 0.717) is 6.16 Å². The summed E-state index contributed by atoms with van der Waals surface area (Å²) in [5.41, 5.74) is 0. The van der Waals surface area contributed by atoms with E-state index in [0.717, 1.165) is 0 Å². The molecule has 1 atom stereocenters. The lowest BCUT2D eigenvalue weighted by molar-refractivity contribution is -0.114. The molecule has 0 rings (SSSR count). The van der Waals surface area contributed by atoms with Crippen molar-refractivity contribution in [2.24, 2.45) is 0 Å². The van der Waals surface area contributed by atoms with E-state index in [1.165, 1.54) is 0 Å². The van der Waals surface area contributed by atoms with Gasteiger partial charge >= 0.3 is 0 Å². The molecular weight excluding hydrogens is 118 g/mol. The summed E-state index contributed by atoms with van der Waals surface area (Å²) in [5, 5.41) is 0. The van der Waals surface area contributed by atoms with Crippen molar-refractivity contribution < 1.29 is 4.79 Å². The topological polar surface area (TPSA) is 17.1 Å². The van der Waals surface area contributed by atoms with Crippen molar-refractivity contribution in [3.05, 3.63) is 0 Å². The predicted octanol–water partition coefficient (Wildman–Crippen LogP) is 0.669. The molecule has 0 saturated carbocycles. The zero-order valence-electron chi connectivity index (χ0n) is 3.28. The smallest absolute Gasteiger partial charge is 0.151 e. The van der Waals surface area contributed by atoms with Gasteiger partial charge in [-0.25, -0.2) is 0 Å².